The fraction of sp³-hybridized carbons (Fsp3) is 0.615. The number of carbonyl (C=O) groups excluding carboxylic acids is 1. The second-order valence-electron chi connectivity index (χ2n) is 4.75. The zero-order valence-electron chi connectivity index (χ0n) is 11.9. The van der Waals surface area contributed by atoms with Crippen molar-refractivity contribution in [2.75, 3.05) is 26.9 Å². The van der Waals surface area contributed by atoms with Crippen LogP contribution in [0.2, 0.25) is 0 Å². The number of ether oxygens (including phenoxy) is 2. The molecule has 0 aromatic carbocycles. The minimum Gasteiger partial charge on any atom is -0.481 e. The topological polar surface area (TPSA) is 102 Å². The first-order chi connectivity index (χ1) is 10.1. The number of carboxylic acid groups (broad SMARTS) is 1. The van der Waals surface area contributed by atoms with Crippen LogP contribution in [0.3, 0.4) is 0 Å². The number of rotatable bonds is 6. The van der Waals surface area contributed by atoms with Gasteiger partial charge in [-0.1, -0.05) is 5.16 Å². The predicted molar refractivity (Wildman–Crippen MR) is 69.7 cm³/mol. The summed E-state index contributed by atoms with van der Waals surface area (Å²) in [4.78, 5) is 25.1. The molecule has 2 unspecified atom stereocenters. The lowest BCUT2D eigenvalue weighted by Crippen LogP contribution is -2.46. The van der Waals surface area contributed by atoms with E-state index in [0.29, 0.717) is 12.3 Å². The van der Waals surface area contributed by atoms with Crippen LogP contribution in [0, 0.1) is 5.92 Å². The molecule has 0 radical (unpaired) electrons. The van der Waals surface area contributed by atoms with Gasteiger partial charge in [-0.15, -0.1) is 0 Å². The van der Waals surface area contributed by atoms with Crippen LogP contribution in [-0.4, -0.2) is 59.9 Å². The van der Waals surface area contributed by atoms with Crippen molar-refractivity contribution in [1.82, 2.24) is 10.1 Å². The van der Waals surface area contributed by atoms with Gasteiger partial charge in [0.2, 0.25) is 0 Å². The van der Waals surface area contributed by atoms with Crippen molar-refractivity contribution >= 4 is 11.9 Å². The molecule has 8 heteroatoms. The summed E-state index contributed by atoms with van der Waals surface area (Å²) >= 11 is 0. The van der Waals surface area contributed by atoms with E-state index in [0.717, 1.165) is 0 Å². The first-order valence-corrected chi connectivity index (χ1v) is 6.64. The van der Waals surface area contributed by atoms with E-state index in [-0.39, 0.29) is 31.4 Å². The summed E-state index contributed by atoms with van der Waals surface area (Å²) in [5.41, 5.74) is 0.139. The Morgan fingerprint density at radius 2 is 2.29 bits per heavy atom. The van der Waals surface area contributed by atoms with Crippen LogP contribution in [0.25, 0.3) is 0 Å². The van der Waals surface area contributed by atoms with Gasteiger partial charge in [0.15, 0.2) is 11.5 Å². The number of nitrogens with zero attached hydrogens (tertiary/aromatic N) is 2. The van der Waals surface area contributed by atoms with Gasteiger partial charge in [0.25, 0.3) is 5.91 Å². The van der Waals surface area contributed by atoms with Gasteiger partial charge in [0.1, 0.15) is 12.5 Å². The molecule has 2 rings (SSSR count). The molecule has 8 nitrogen and oxygen atoms in total. The van der Waals surface area contributed by atoms with Crippen molar-refractivity contribution < 1.29 is 28.7 Å². The first-order valence-electron chi connectivity index (χ1n) is 6.64. The van der Waals surface area contributed by atoms with E-state index < -0.39 is 17.9 Å². The molecule has 0 spiro atoms. The largest absolute Gasteiger partial charge is 0.481 e. The third kappa shape index (κ3) is 3.22. The second kappa shape index (κ2) is 6.68. The number of amides is 1. The zero-order valence-corrected chi connectivity index (χ0v) is 11.9. The predicted octanol–water partition coefficient (Wildman–Crippen LogP) is 0.383. The van der Waals surface area contributed by atoms with Gasteiger partial charge in [-0.2, -0.15) is 0 Å². The fourth-order valence-corrected chi connectivity index (χ4v) is 2.39. The Bertz CT molecular complexity index is 515. The molecule has 1 aliphatic heterocycles. The Kier molecular flexibility index (Phi) is 4.92. The molecule has 0 aliphatic carbocycles. The van der Waals surface area contributed by atoms with Gasteiger partial charge in [0, 0.05) is 19.7 Å². The van der Waals surface area contributed by atoms with Crippen LogP contribution >= 0.6 is 0 Å². The average Bonchev–Trinajstić information content (AvgIpc) is 3.09. The number of aliphatic carboxylic acids is 1. The molecule has 1 N–H and O–H groups in total. The van der Waals surface area contributed by atoms with Crippen LogP contribution in [0.15, 0.2) is 10.6 Å². The van der Waals surface area contributed by atoms with Gasteiger partial charge in [0.05, 0.1) is 19.3 Å². The van der Waals surface area contributed by atoms with Crippen molar-refractivity contribution in [3.8, 4) is 0 Å². The monoisotopic (exact) mass is 298 g/mol. The van der Waals surface area contributed by atoms with Crippen molar-refractivity contribution in [3.63, 3.8) is 0 Å². The Labute approximate surface area is 121 Å². The second-order valence-corrected chi connectivity index (χ2v) is 4.75. The number of hydrogen-bond acceptors (Lipinski definition) is 6. The molecule has 1 saturated heterocycles. The minimum atomic E-state index is -0.969. The summed E-state index contributed by atoms with van der Waals surface area (Å²) in [6.45, 7) is 2.68. The molecule has 0 saturated carbocycles. The maximum Gasteiger partial charge on any atom is 0.311 e. The molecule has 0 bridgehead atoms. The highest BCUT2D eigenvalue weighted by Gasteiger charge is 2.40. The molecule has 116 valence electrons. The maximum atomic E-state index is 12.5. The Morgan fingerprint density at radius 1 is 1.52 bits per heavy atom. The van der Waals surface area contributed by atoms with Crippen molar-refractivity contribution in [2.45, 2.75) is 19.6 Å². The number of likely N-dealkylation sites (N-methyl/N-ethyl adjacent to an activating group) is 1. The van der Waals surface area contributed by atoms with Crippen molar-refractivity contribution in [2.24, 2.45) is 5.92 Å². The Hall–Kier alpha value is -1.93. The molecule has 1 aliphatic rings. The highest BCUT2D eigenvalue weighted by Crippen LogP contribution is 2.22. The molecule has 2 heterocycles. The number of aromatic nitrogens is 1. The summed E-state index contributed by atoms with van der Waals surface area (Å²) in [7, 11) is 1.51. The maximum absolute atomic E-state index is 12.5. The SMILES string of the molecule is CCN(C(=O)c1cc(COC)on1)C1COCC1C(=O)O. The number of carboxylic acids is 1. The average molecular weight is 298 g/mol. The van der Waals surface area contributed by atoms with E-state index >= 15 is 0 Å². The van der Waals surface area contributed by atoms with Gasteiger partial charge >= 0.3 is 5.97 Å². The van der Waals surface area contributed by atoms with Crippen LogP contribution in [-0.2, 0) is 20.9 Å². The van der Waals surface area contributed by atoms with Crippen LogP contribution < -0.4 is 0 Å². The number of carbonyl (C=O) groups is 2. The summed E-state index contributed by atoms with van der Waals surface area (Å²) in [5, 5.41) is 12.9. The number of hydrogen-bond donors (Lipinski definition) is 1. The van der Waals surface area contributed by atoms with E-state index in [1.165, 1.54) is 18.1 Å². The van der Waals surface area contributed by atoms with E-state index in [1.54, 1.807) is 6.92 Å². The summed E-state index contributed by atoms with van der Waals surface area (Å²) in [6.07, 6.45) is 0. The minimum absolute atomic E-state index is 0.109. The van der Waals surface area contributed by atoms with Gasteiger partial charge in [-0.3, -0.25) is 9.59 Å². The lowest BCUT2D eigenvalue weighted by Gasteiger charge is -2.28. The fourth-order valence-electron chi connectivity index (χ4n) is 2.39. The smallest absolute Gasteiger partial charge is 0.311 e. The lowest BCUT2D eigenvalue weighted by atomic mass is 10.0. The van der Waals surface area contributed by atoms with E-state index in [2.05, 4.69) is 5.16 Å². The highest BCUT2D eigenvalue weighted by molar-refractivity contribution is 5.93. The third-order valence-electron chi connectivity index (χ3n) is 3.43. The zero-order chi connectivity index (χ0) is 15.4. The van der Waals surface area contributed by atoms with Crippen molar-refractivity contribution in [1.29, 1.82) is 0 Å². The summed E-state index contributed by atoms with van der Waals surface area (Å²) in [5.74, 6) is -1.62. The lowest BCUT2D eigenvalue weighted by molar-refractivity contribution is -0.142. The van der Waals surface area contributed by atoms with Crippen LogP contribution in [0.5, 0.6) is 0 Å². The third-order valence-corrected chi connectivity index (χ3v) is 3.43. The molecular formula is C13H18N2O6. The Morgan fingerprint density at radius 3 is 2.90 bits per heavy atom. The number of methoxy groups -OCH3 is 1. The van der Waals surface area contributed by atoms with Crippen LogP contribution in [0.4, 0.5) is 0 Å². The van der Waals surface area contributed by atoms with Gasteiger partial charge < -0.3 is 24.0 Å². The normalized spacial score (nSPS) is 21.4. The first kappa shape index (κ1) is 15.5. The standard InChI is InChI=1S/C13H18N2O6/c1-3-15(11-7-20-6-9(11)13(17)18)12(16)10-4-8(5-19-2)21-14-10/h4,9,11H,3,5-7H2,1-2H3,(H,17,18). The Balaban J connectivity index is 2.15. The molecule has 1 aromatic rings. The van der Waals surface area contributed by atoms with Crippen LogP contribution in [0.1, 0.15) is 23.2 Å². The summed E-state index contributed by atoms with van der Waals surface area (Å²) < 4.78 is 15.1. The molecule has 21 heavy (non-hydrogen) atoms. The molecular weight excluding hydrogens is 280 g/mol. The van der Waals surface area contributed by atoms with Crippen molar-refractivity contribution in [3.05, 3.63) is 17.5 Å². The molecule has 2 atom stereocenters. The van der Waals surface area contributed by atoms with E-state index in [9.17, 15) is 14.7 Å². The van der Waals surface area contributed by atoms with E-state index in [1.807, 2.05) is 0 Å². The molecule has 1 amide bonds. The van der Waals surface area contributed by atoms with Gasteiger partial charge in [-0.25, -0.2) is 0 Å². The van der Waals surface area contributed by atoms with Gasteiger partial charge in [-0.05, 0) is 6.92 Å². The molecule has 1 fully saturated rings. The highest BCUT2D eigenvalue weighted by atomic mass is 16.5. The summed E-state index contributed by atoms with van der Waals surface area (Å²) in [6, 6.07) is 1.00. The molecule has 1 aromatic heterocycles. The van der Waals surface area contributed by atoms with E-state index in [4.69, 9.17) is 14.0 Å². The quantitative estimate of drug-likeness (QED) is 0.810.